The molecule has 1 amide bonds. The molecule has 0 bridgehead atoms. The summed E-state index contributed by atoms with van der Waals surface area (Å²) in [7, 11) is 2.12. The number of benzene rings is 3. The molecule has 194 valence electrons. The van der Waals surface area contributed by atoms with Crippen LogP contribution in [0.15, 0.2) is 65.7 Å². The molecular formula is C30H31N5O3. The third-order valence-electron chi connectivity index (χ3n) is 7.50. The Morgan fingerprint density at radius 1 is 1.05 bits per heavy atom. The van der Waals surface area contributed by atoms with E-state index in [9.17, 15) is 9.59 Å². The Morgan fingerprint density at radius 3 is 2.68 bits per heavy atom. The predicted octanol–water partition coefficient (Wildman–Crippen LogP) is 4.02. The van der Waals surface area contributed by atoms with Crippen LogP contribution in [0.2, 0.25) is 0 Å². The van der Waals surface area contributed by atoms with Gasteiger partial charge in [-0.05, 0) is 68.4 Å². The lowest BCUT2D eigenvalue weighted by Gasteiger charge is -2.34. The summed E-state index contributed by atoms with van der Waals surface area (Å²) in [4.78, 5) is 36.0. The van der Waals surface area contributed by atoms with Gasteiger partial charge in [0.1, 0.15) is 18.2 Å². The van der Waals surface area contributed by atoms with Crippen molar-refractivity contribution < 1.29 is 9.53 Å². The van der Waals surface area contributed by atoms with Crippen molar-refractivity contribution in [2.45, 2.75) is 26.4 Å². The summed E-state index contributed by atoms with van der Waals surface area (Å²) < 4.78 is 7.47. The summed E-state index contributed by atoms with van der Waals surface area (Å²) in [5.74, 6) is 0.405. The first-order chi connectivity index (χ1) is 18.4. The first kappa shape index (κ1) is 24.2. The van der Waals surface area contributed by atoms with E-state index in [0.29, 0.717) is 33.6 Å². The molecular weight excluding hydrogens is 478 g/mol. The second kappa shape index (κ2) is 9.61. The minimum absolute atomic E-state index is 0.0500. The van der Waals surface area contributed by atoms with Crippen LogP contribution in [0.4, 0.5) is 11.4 Å². The molecule has 1 fully saturated rings. The van der Waals surface area contributed by atoms with Crippen molar-refractivity contribution in [3.05, 3.63) is 88.0 Å². The molecule has 3 heterocycles. The molecule has 4 aromatic rings. The molecule has 0 aliphatic carbocycles. The van der Waals surface area contributed by atoms with Gasteiger partial charge in [0.05, 0.1) is 22.2 Å². The maximum atomic E-state index is 13.7. The number of fused-ring (bicyclic) bond motifs is 2. The van der Waals surface area contributed by atoms with E-state index < -0.39 is 0 Å². The third-order valence-corrected chi connectivity index (χ3v) is 7.50. The van der Waals surface area contributed by atoms with Gasteiger partial charge < -0.3 is 19.9 Å². The number of anilines is 2. The molecule has 8 heteroatoms. The molecule has 1 atom stereocenters. The van der Waals surface area contributed by atoms with E-state index in [-0.39, 0.29) is 17.6 Å². The van der Waals surface area contributed by atoms with E-state index in [4.69, 9.17) is 4.74 Å². The summed E-state index contributed by atoms with van der Waals surface area (Å²) >= 11 is 0. The zero-order valence-electron chi connectivity index (χ0n) is 21.9. The fraction of sp³-hybridized carbons (Fsp3) is 0.300. The number of carbonyl (C=O) groups excluding carboxylic acids is 1. The minimum Gasteiger partial charge on any atom is -0.489 e. The van der Waals surface area contributed by atoms with Crippen molar-refractivity contribution in [1.29, 1.82) is 0 Å². The van der Waals surface area contributed by atoms with Gasteiger partial charge in [0.25, 0.3) is 11.5 Å². The van der Waals surface area contributed by atoms with Gasteiger partial charge >= 0.3 is 0 Å². The Kier molecular flexibility index (Phi) is 6.12. The van der Waals surface area contributed by atoms with Crippen molar-refractivity contribution in [3.63, 3.8) is 0 Å². The fourth-order valence-corrected chi connectivity index (χ4v) is 5.30. The van der Waals surface area contributed by atoms with Crippen LogP contribution in [0.5, 0.6) is 5.75 Å². The van der Waals surface area contributed by atoms with Crippen LogP contribution in [0.25, 0.3) is 16.6 Å². The average Bonchev–Trinajstić information content (AvgIpc) is 3.31. The second-order valence-corrected chi connectivity index (χ2v) is 10.3. The number of aromatic nitrogens is 2. The Hall–Kier alpha value is -4.17. The summed E-state index contributed by atoms with van der Waals surface area (Å²) in [5.41, 5.74) is 5.28. The SMILES string of the molecule is Cc1ccc(NC(=O)c2cccc3c2OC(C)C3)cc1-n1cnc2ccc(N3CCN(C)CC3)cc2c1=O. The summed E-state index contributed by atoms with van der Waals surface area (Å²) in [6.45, 7) is 7.76. The third kappa shape index (κ3) is 4.41. The number of aryl methyl sites for hydroxylation is 1. The van der Waals surface area contributed by atoms with Crippen molar-refractivity contribution in [1.82, 2.24) is 14.5 Å². The fourth-order valence-electron chi connectivity index (χ4n) is 5.30. The molecule has 1 aromatic heterocycles. The number of ether oxygens (including phenoxy) is 1. The molecule has 6 rings (SSSR count). The lowest BCUT2D eigenvalue weighted by Crippen LogP contribution is -2.44. The number of piperazine rings is 1. The van der Waals surface area contributed by atoms with Crippen LogP contribution in [0.3, 0.4) is 0 Å². The largest absolute Gasteiger partial charge is 0.489 e. The molecule has 0 saturated carbocycles. The van der Waals surface area contributed by atoms with Crippen molar-refractivity contribution in [2.24, 2.45) is 0 Å². The highest BCUT2D eigenvalue weighted by atomic mass is 16.5. The molecule has 0 radical (unpaired) electrons. The van der Waals surface area contributed by atoms with Crippen LogP contribution in [0, 0.1) is 6.92 Å². The number of likely N-dealkylation sites (N-methyl/N-ethyl adjacent to an activating group) is 1. The van der Waals surface area contributed by atoms with Gasteiger partial charge in [-0.25, -0.2) is 4.98 Å². The number of nitrogens with one attached hydrogen (secondary N) is 1. The number of nitrogens with zero attached hydrogens (tertiary/aromatic N) is 4. The molecule has 2 aliphatic heterocycles. The second-order valence-electron chi connectivity index (χ2n) is 10.3. The van der Waals surface area contributed by atoms with Crippen LogP contribution in [0.1, 0.15) is 28.4 Å². The van der Waals surface area contributed by atoms with Gasteiger partial charge in [-0.15, -0.1) is 0 Å². The van der Waals surface area contributed by atoms with Gasteiger partial charge in [-0.3, -0.25) is 14.2 Å². The maximum Gasteiger partial charge on any atom is 0.265 e. The Morgan fingerprint density at radius 2 is 1.87 bits per heavy atom. The van der Waals surface area contributed by atoms with Gasteiger partial charge in [0.15, 0.2) is 0 Å². The summed E-state index contributed by atoms with van der Waals surface area (Å²) in [6.07, 6.45) is 2.40. The average molecular weight is 510 g/mol. The quantitative estimate of drug-likeness (QED) is 0.448. The zero-order valence-corrected chi connectivity index (χ0v) is 21.9. The van der Waals surface area contributed by atoms with Crippen molar-refractivity contribution in [3.8, 4) is 11.4 Å². The van der Waals surface area contributed by atoms with E-state index in [0.717, 1.165) is 49.4 Å². The van der Waals surface area contributed by atoms with E-state index in [2.05, 4.69) is 27.1 Å². The predicted molar refractivity (Wildman–Crippen MR) is 150 cm³/mol. The lowest BCUT2D eigenvalue weighted by atomic mass is 10.1. The zero-order chi connectivity index (χ0) is 26.4. The van der Waals surface area contributed by atoms with Crippen molar-refractivity contribution >= 4 is 28.2 Å². The van der Waals surface area contributed by atoms with Crippen molar-refractivity contribution in [2.75, 3.05) is 43.4 Å². The highest BCUT2D eigenvalue weighted by Gasteiger charge is 2.25. The molecule has 2 aliphatic rings. The molecule has 38 heavy (non-hydrogen) atoms. The van der Waals surface area contributed by atoms with Crippen LogP contribution in [-0.4, -0.2) is 59.7 Å². The summed E-state index contributed by atoms with van der Waals surface area (Å²) in [5, 5.41) is 3.56. The number of para-hydroxylation sites is 1. The minimum atomic E-state index is -0.244. The van der Waals surface area contributed by atoms with E-state index in [1.54, 1.807) is 17.0 Å². The first-order valence-corrected chi connectivity index (χ1v) is 13.0. The Balaban J connectivity index is 1.32. The number of rotatable bonds is 4. The molecule has 0 spiro atoms. The summed E-state index contributed by atoms with van der Waals surface area (Å²) in [6, 6.07) is 17.1. The number of hydrogen-bond acceptors (Lipinski definition) is 6. The standard InChI is InChI=1S/C30H31N5O3/c1-19-7-8-22(32-29(36)24-6-4-5-21-15-20(2)38-28(21)24)16-27(19)35-18-31-26-10-9-23(17-25(26)30(35)37)34-13-11-33(3)12-14-34/h4-10,16-18,20H,11-15H2,1-3H3,(H,32,36). The van der Waals surface area contributed by atoms with Gasteiger partial charge in [0.2, 0.25) is 0 Å². The van der Waals surface area contributed by atoms with Crippen LogP contribution >= 0.6 is 0 Å². The van der Waals surface area contributed by atoms with E-state index in [1.807, 2.05) is 62.4 Å². The molecule has 1 saturated heterocycles. The lowest BCUT2D eigenvalue weighted by molar-refractivity contribution is 0.102. The highest BCUT2D eigenvalue weighted by Crippen LogP contribution is 2.33. The number of amides is 1. The van der Waals surface area contributed by atoms with E-state index >= 15 is 0 Å². The highest BCUT2D eigenvalue weighted by molar-refractivity contribution is 6.06. The Labute approximate surface area is 221 Å². The van der Waals surface area contributed by atoms with Gasteiger partial charge in [0, 0.05) is 44.0 Å². The number of hydrogen-bond donors (Lipinski definition) is 1. The smallest absolute Gasteiger partial charge is 0.265 e. The molecule has 1 N–H and O–H groups in total. The molecule has 8 nitrogen and oxygen atoms in total. The van der Waals surface area contributed by atoms with Gasteiger partial charge in [-0.2, -0.15) is 0 Å². The monoisotopic (exact) mass is 509 g/mol. The van der Waals surface area contributed by atoms with Crippen LogP contribution in [-0.2, 0) is 6.42 Å². The van der Waals surface area contributed by atoms with Gasteiger partial charge in [-0.1, -0.05) is 18.2 Å². The Bertz CT molecular complexity index is 1600. The molecule has 3 aromatic carbocycles. The van der Waals surface area contributed by atoms with E-state index in [1.165, 1.54) is 0 Å². The topological polar surface area (TPSA) is 79.7 Å². The number of carbonyl (C=O) groups is 1. The van der Waals surface area contributed by atoms with Crippen LogP contribution < -0.4 is 20.5 Å². The molecule has 1 unspecified atom stereocenters. The first-order valence-electron chi connectivity index (χ1n) is 13.0. The maximum absolute atomic E-state index is 13.7. The normalized spacial score (nSPS) is 17.3.